The zero-order valence-corrected chi connectivity index (χ0v) is 19.1. The number of hydrogen-bond donors (Lipinski definition) is 2. The molecular formula is C27H24FN3O4. The number of benzene rings is 3. The van der Waals surface area contributed by atoms with E-state index >= 15 is 0 Å². The third-order valence-corrected chi connectivity index (χ3v) is 4.75. The minimum atomic E-state index is -0.548. The van der Waals surface area contributed by atoms with E-state index in [1.54, 1.807) is 31.2 Å². The van der Waals surface area contributed by atoms with Crippen molar-refractivity contribution in [2.45, 2.75) is 13.5 Å². The Hall–Kier alpha value is -4.64. The number of para-hydroxylation sites is 1. The van der Waals surface area contributed by atoms with Crippen molar-refractivity contribution in [3.05, 3.63) is 95.3 Å². The van der Waals surface area contributed by atoms with Crippen molar-refractivity contribution in [2.24, 2.45) is 0 Å². The molecule has 0 aliphatic carbocycles. The van der Waals surface area contributed by atoms with Crippen LogP contribution in [0.15, 0.2) is 78.4 Å². The molecule has 0 unspecified atom stereocenters. The first-order valence-corrected chi connectivity index (χ1v) is 10.9. The molecular weight excluding hydrogens is 449 g/mol. The zero-order valence-electron chi connectivity index (χ0n) is 19.1. The Morgan fingerprint density at radius 3 is 2.46 bits per heavy atom. The van der Waals surface area contributed by atoms with Crippen LogP contribution in [0.3, 0.4) is 0 Å². The summed E-state index contributed by atoms with van der Waals surface area (Å²) in [5, 5.41) is 14.6. The van der Waals surface area contributed by atoms with Gasteiger partial charge in [-0.2, -0.15) is 5.26 Å². The summed E-state index contributed by atoms with van der Waals surface area (Å²) < 4.78 is 24.9. The number of anilines is 1. The molecule has 0 spiro atoms. The highest BCUT2D eigenvalue weighted by Gasteiger charge is 2.13. The van der Waals surface area contributed by atoms with Crippen LogP contribution in [0.25, 0.3) is 6.08 Å². The van der Waals surface area contributed by atoms with Crippen molar-refractivity contribution in [3.63, 3.8) is 0 Å². The number of hydrogen-bond acceptors (Lipinski definition) is 5. The van der Waals surface area contributed by atoms with Crippen LogP contribution in [0.5, 0.6) is 11.5 Å². The van der Waals surface area contributed by atoms with Gasteiger partial charge in [0.05, 0.1) is 12.3 Å². The monoisotopic (exact) mass is 473 g/mol. The molecule has 3 rings (SSSR count). The molecule has 0 saturated heterocycles. The molecule has 0 aromatic heterocycles. The molecule has 2 N–H and O–H groups in total. The lowest BCUT2D eigenvalue weighted by Gasteiger charge is -2.13. The molecule has 3 aromatic rings. The van der Waals surface area contributed by atoms with Crippen LogP contribution in [-0.2, 0) is 16.1 Å². The lowest BCUT2D eigenvalue weighted by Crippen LogP contribution is -2.23. The highest BCUT2D eigenvalue weighted by Crippen LogP contribution is 2.29. The topological polar surface area (TPSA) is 100 Å². The van der Waals surface area contributed by atoms with Gasteiger partial charge in [0.25, 0.3) is 11.8 Å². The number of nitrogens with zero attached hydrogens (tertiary/aromatic N) is 1. The van der Waals surface area contributed by atoms with Crippen LogP contribution >= 0.6 is 0 Å². The Morgan fingerprint density at radius 2 is 1.74 bits per heavy atom. The van der Waals surface area contributed by atoms with E-state index in [0.717, 1.165) is 5.56 Å². The average molecular weight is 474 g/mol. The van der Waals surface area contributed by atoms with Crippen molar-refractivity contribution >= 4 is 23.6 Å². The lowest BCUT2D eigenvalue weighted by atomic mass is 10.1. The van der Waals surface area contributed by atoms with Gasteiger partial charge < -0.3 is 20.1 Å². The Labute approximate surface area is 202 Å². The summed E-state index contributed by atoms with van der Waals surface area (Å²) >= 11 is 0. The quantitative estimate of drug-likeness (QED) is 0.334. The molecule has 0 radical (unpaired) electrons. The van der Waals surface area contributed by atoms with Crippen LogP contribution in [0.1, 0.15) is 18.1 Å². The maximum atomic E-state index is 13.7. The molecule has 35 heavy (non-hydrogen) atoms. The van der Waals surface area contributed by atoms with Crippen LogP contribution < -0.4 is 20.1 Å². The predicted molar refractivity (Wildman–Crippen MR) is 130 cm³/mol. The highest BCUT2D eigenvalue weighted by atomic mass is 19.1. The molecule has 7 nitrogen and oxygen atoms in total. The molecule has 2 amide bonds. The van der Waals surface area contributed by atoms with Gasteiger partial charge in [0.15, 0.2) is 18.1 Å². The minimum absolute atomic E-state index is 0.0567. The van der Waals surface area contributed by atoms with E-state index < -0.39 is 17.6 Å². The number of amides is 2. The largest absolute Gasteiger partial charge is 0.490 e. The molecule has 0 bridgehead atoms. The van der Waals surface area contributed by atoms with Gasteiger partial charge in [-0.05, 0) is 48.4 Å². The zero-order chi connectivity index (χ0) is 25.0. The molecule has 0 heterocycles. The molecule has 0 fully saturated rings. The summed E-state index contributed by atoms with van der Waals surface area (Å²) in [6, 6.07) is 21.9. The summed E-state index contributed by atoms with van der Waals surface area (Å²) in [4.78, 5) is 24.6. The highest BCUT2D eigenvalue weighted by molar-refractivity contribution is 6.01. The smallest absolute Gasteiger partial charge is 0.262 e. The Bertz CT molecular complexity index is 1250. The number of carbonyl (C=O) groups excluding carboxylic acids is 2. The molecule has 0 saturated carbocycles. The fraction of sp³-hybridized carbons (Fsp3) is 0.148. The summed E-state index contributed by atoms with van der Waals surface area (Å²) in [6.07, 6.45) is 1.44. The van der Waals surface area contributed by atoms with Crippen molar-refractivity contribution in [1.29, 1.82) is 5.26 Å². The number of nitrogens with one attached hydrogen (secondary N) is 2. The van der Waals surface area contributed by atoms with E-state index in [9.17, 15) is 19.2 Å². The van der Waals surface area contributed by atoms with Gasteiger partial charge in [-0.1, -0.05) is 48.5 Å². The SMILES string of the molecule is CCOc1cc(/C=C(\C#N)C(=O)NCc2ccccc2)ccc1OCC(=O)Nc1ccccc1F. The first-order chi connectivity index (χ1) is 17.0. The van der Waals surface area contributed by atoms with E-state index in [1.807, 2.05) is 36.4 Å². The second kappa shape index (κ2) is 12.6. The molecule has 0 atom stereocenters. The van der Waals surface area contributed by atoms with Gasteiger partial charge in [0, 0.05) is 6.54 Å². The number of carbonyl (C=O) groups is 2. The van der Waals surface area contributed by atoms with Crippen molar-refractivity contribution < 1.29 is 23.5 Å². The van der Waals surface area contributed by atoms with Gasteiger partial charge in [-0.25, -0.2) is 4.39 Å². The van der Waals surface area contributed by atoms with E-state index in [0.29, 0.717) is 30.2 Å². The Balaban J connectivity index is 1.67. The molecule has 8 heteroatoms. The van der Waals surface area contributed by atoms with Crippen LogP contribution in [0, 0.1) is 17.1 Å². The maximum Gasteiger partial charge on any atom is 0.262 e. The van der Waals surface area contributed by atoms with Gasteiger partial charge in [-0.15, -0.1) is 0 Å². The van der Waals surface area contributed by atoms with Crippen molar-refractivity contribution in [3.8, 4) is 17.6 Å². The third-order valence-electron chi connectivity index (χ3n) is 4.75. The first-order valence-electron chi connectivity index (χ1n) is 10.9. The molecule has 0 aliphatic heterocycles. The number of halogens is 1. The number of ether oxygens (including phenoxy) is 2. The number of rotatable bonds is 10. The molecule has 3 aromatic carbocycles. The lowest BCUT2D eigenvalue weighted by molar-refractivity contribution is -0.118. The van der Waals surface area contributed by atoms with Crippen LogP contribution in [-0.4, -0.2) is 25.0 Å². The summed E-state index contributed by atoms with van der Waals surface area (Å²) in [7, 11) is 0. The second-order valence-electron chi connectivity index (χ2n) is 7.29. The predicted octanol–water partition coefficient (Wildman–Crippen LogP) is 4.47. The van der Waals surface area contributed by atoms with Crippen LogP contribution in [0.4, 0.5) is 10.1 Å². The Kier molecular flexibility index (Phi) is 8.97. The van der Waals surface area contributed by atoms with Crippen LogP contribution in [0.2, 0.25) is 0 Å². The molecule has 0 aliphatic rings. The van der Waals surface area contributed by atoms with E-state index in [2.05, 4.69) is 10.6 Å². The summed E-state index contributed by atoms with van der Waals surface area (Å²) in [5.74, 6) is -0.961. The fourth-order valence-electron chi connectivity index (χ4n) is 3.08. The molecule has 178 valence electrons. The van der Waals surface area contributed by atoms with Gasteiger partial charge in [0.1, 0.15) is 17.5 Å². The minimum Gasteiger partial charge on any atom is -0.490 e. The first kappa shape index (κ1) is 25.0. The van der Waals surface area contributed by atoms with Crippen molar-refractivity contribution in [1.82, 2.24) is 5.32 Å². The fourth-order valence-corrected chi connectivity index (χ4v) is 3.08. The van der Waals surface area contributed by atoms with Gasteiger partial charge in [-0.3, -0.25) is 9.59 Å². The standard InChI is InChI=1S/C27H24FN3O4/c1-2-34-25-15-20(14-21(16-29)27(33)30-17-19-8-4-3-5-9-19)12-13-24(25)35-18-26(32)31-23-11-7-6-10-22(23)28/h3-15H,2,17-18H2,1H3,(H,30,33)(H,31,32)/b21-14+. The Morgan fingerprint density at radius 1 is 1.00 bits per heavy atom. The van der Waals surface area contributed by atoms with Gasteiger partial charge in [0.2, 0.25) is 0 Å². The maximum absolute atomic E-state index is 13.7. The van der Waals surface area contributed by atoms with E-state index in [4.69, 9.17) is 9.47 Å². The third kappa shape index (κ3) is 7.44. The van der Waals surface area contributed by atoms with Gasteiger partial charge >= 0.3 is 0 Å². The second-order valence-corrected chi connectivity index (χ2v) is 7.29. The van der Waals surface area contributed by atoms with E-state index in [1.165, 1.54) is 24.3 Å². The number of nitriles is 1. The van der Waals surface area contributed by atoms with Crippen molar-refractivity contribution in [2.75, 3.05) is 18.5 Å². The van der Waals surface area contributed by atoms with E-state index in [-0.39, 0.29) is 17.9 Å². The summed E-state index contributed by atoms with van der Waals surface area (Å²) in [5.41, 5.74) is 1.45. The summed E-state index contributed by atoms with van der Waals surface area (Å²) in [6.45, 7) is 2.04. The normalized spacial score (nSPS) is 10.7. The average Bonchev–Trinajstić information content (AvgIpc) is 2.87.